The molecule has 0 aromatic carbocycles. The van der Waals surface area contributed by atoms with E-state index in [1.165, 1.54) is 44.3 Å². The molecule has 0 saturated carbocycles. The number of nitrogens with two attached hydrogens (primary N) is 1. The van der Waals surface area contributed by atoms with Gasteiger partial charge in [-0.05, 0) is 45.3 Å². The maximum atomic E-state index is 6.08. The summed E-state index contributed by atoms with van der Waals surface area (Å²) >= 11 is 0. The lowest BCUT2D eigenvalue weighted by Gasteiger charge is -2.32. The molecule has 0 bridgehead atoms. The molecular weight excluding hydrogens is 248 g/mol. The summed E-state index contributed by atoms with van der Waals surface area (Å²) in [6.45, 7) is 6.81. The van der Waals surface area contributed by atoms with E-state index in [0.29, 0.717) is 6.04 Å². The molecule has 2 aliphatic rings. The zero-order chi connectivity index (χ0) is 13.9. The van der Waals surface area contributed by atoms with E-state index in [9.17, 15) is 0 Å². The summed E-state index contributed by atoms with van der Waals surface area (Å²) in [6, 6.07) is 4.85. The van der Waals surface area contributed by atoms with Gasteiger partial charge in [0.25, 0.3) is 0 Å². The molecule has 2 fully saturated rings. The fraction of sp³-hybridized carbons (Fsp3) is 0.688. The Labute approximate surface area is 122 Å². The van der Waals surface area contributed by atoms with E-state index < -0.39 is 0 Å². The molecule has 2 atom stereocenters. The zero-order valence-corrected chi connectivity index (χ0v) is 12.5. The Morgan fingerprint density at radius 3 is 2.80 bits per heavy atom. The van der Waals surface area contributed by atoms with E-state index in [1.54, 1.807) is 0 Å². The molecule has 3 rings (SSSR count). The Morgan fingerprint density at radius 1 is 1.25 bits per heavy atom. The van der Waals surface area contributed by atoms with Gasteiger partial charge in [0.05, 0.1) is 0 Å². The van der Waals surface area contributed by atoms with Gasteiger partial charge in [-0.1, -0.05) is 12.5 Å². The van der Waals surface area contributed by atoms with E-state index in [-0.39, 0.29) is 6.04 Å². The lowest BCUT2D eigenvalue weighted by atomic mass is 10.1. The molecule has 0 amide bonds. The lowest BCUT2D eigenvalue weighted by Crippen LogP contribution is -2.41. The second-order valence-corrected chi connectivity index (χ2v) is 6.19. The van der Waals surface area contributed by atoms with Crippen LogP contribution in [0.4, 0.5) is 5.82 Å². The van der Waals surface area contributed by atoms with Gasteiger partial charge in [-0.3, -0.25) is 4.90 Å². The number of nitrogens with zero attached hydrogens (tertiary/aromatic N) is 3. The average Bonchev–Trinajstić information content (AvgIpc) is 2.98. The molecule has 0 radical (unpaired) electrons. The maximum Gasteiger partial charge on any atom is 0.133 e. The van der Waals surface area contributed by atoms with E-state index in [2.05, 4.69) is 20.9 Å². The Morgan fingerprint density at radius 2 is 2.05 bits per heavy atom. The highest BCUT2D eigenvalue weighted by Gasteiger charge is 2.30. The minimum absolute atomic E-state index is 0.0488. The van der Waals surface area contributed by atoms with E-state index in [0.717, 1.165) is 18.9 Å². The standard InChI is InChI=1S/C16H26N4/c1-13(17)15-6-5-8-18-16(15)20-11-7-14(12-20)19-9-3-2-4-10-19/h5-6,8,13-14H,2-4,7,9-12,17H2,1H3/t13-,14?/m1/s1. The fourth-order valence-corrected chi connectivity index (χ4v) is 3.54. The van der Waals surface area contributed by atoms with Gasteiger partial charge in [0.2, 0.25) is 0 Å². The monoisotopic (exact) mass is 274 g/mol. The van der Waals surface area contributed by atoms with Crippen molar-refractivity contribution in [3.63, 3.8) is 0 Å². The SMILES string of the molecule is C[C@@H](N)c1cccnc1N1CCC(N2CCCCC2)C1. The van der Waals surface area contributed by atoms with Gasteiger partial charge in [0, 0.05) is 36.9 Å². The van der Waals surface area contributed by atoms with Crippen LogP contribution in [0.2, 0.25) is 0 Å². The van der Waals surface area contributed by atoms with Crippen LogP contribution < -0.4 is 10.6 Å². The second kappa shape index (κ2) is 6.10. The molecule has 110 valence electrons. The third-order valence-corrected chi connectivity index (χ3v) is 4.68. The smallest absolute Gasteiger partial charge is 0.133 e. The highest BCUT2D eigenvalue weighted by atomic mass is 15.3. The number of likely N-dealkylation sites (tertiary alicyclic amines) is 1. The molecular formula is C16H26N4. The van der Waals surface area contributed by atoms with Crippen LogP contribution in [0.3, 0.4) is 0 Å². The first kappa shape index (κ1) is 13.8. The molecule has 1 aromatic rings. The van der Waals surface area contributed by atoms with Gasteiger partial charge in [-0.2, -0.15) is 0 Å². The Bertz CT molecular complexity index is 440. The molecule has 0 spiro atoms. The van der Waals surface area contributed by atoms with E-state index >= 15 is 0 Å². The molecule has 4 heteroatoms. The quantitative estimate of drug-likeness (QED) is 0.917. The molecule has 20 heavy (non-hydrogen) atoms. The predicted octanol–water partition coefficient (Wildman–Crippen LogP) is 2.17. The van der Waals surface area contributed by atoms with Gasteiger partial charge in [-0.25, -0.2) is 4.98 Å². The number of hydrogen-bond acceptors (Lipinski definition) is 4. The Kier molecular flexibility index (Phi) is 4.22. The van der Waals surface area contributed by atoms with Crippen molar-refractivity contribution in [2.24, 2.45) is 5.73 Å². The highest BCUT2D eigenvalue weighted by molar-refractivity contribution is 5.49. The molecule has 2 N–H and O–H groups in total. The van der Waals surface area contributed by atoms with Crippen molar-refractivity contribution in [1.29, 1.82) is 0 Å². The van der Waals surface area contributed by atoms with Crippen LogP contribution in [0.5, 0.6) is 0 Å². The predicted molar refractivity (Wildman–Crippen MR) is 82.9 cm³/mol. The van der Waals surface area contributed by atoms with Gasteiger partial charge >= 0.3 is 0 Å². The van der Waals surface area contributed by atoms with Crippen LogP contribution in [-0.4, -0.2) is 42.1 Å². The summed E-state index contributed by atoms with van der Waals surface area (Å²) in [7, 11) is 0. The molecule has 0 aliphatic carbocycles. The number of piperidine rings is 1. The van der Waals surface area contributed by atoms with Crippen molar-refractivity contribution in [2.45, 2.75) is 44.7 Å². The Hall–Kier alpha value is -1.13. The van der Waals surface area contributed by atoms with Crippen LogP contribution in [-0.2, 0) is 0 Å². The van der Waals surface area contributed by atoms with Crippen molar-refractivity contribution in [1.82, 2.24) is 9.88 Å². The molecule has 2 aliphatic heterocycles. The number of hydrogen-bond donors (Lipinski definition) is 1. The van der Waals surface area contributed by atoms with Crippen molar-refractivity contribution in [3.8, 4) is 0 Å². The van der Waals surface area contributed by atoms with Gasteiger partial charge in [0.15, 0.2) is 0 Å². The molecule has 4 nitrogen and oxygen atoms in total. The van der Waals surface area contributed by atoms with Crippen LogP contribution >= 0.6 is 0 Å². The van der Waals surface area contributed by atoms with E-state index in [1.807, 2.05) is 19.2 Å². The summed E-state index contributed by atoms with van der Waals surface area (Å²) < 4.78 is 0. The third kappa shape index (κ3) is 2.81. The van der Waals surface area contributed by atoms with Crippen LogP contribution in [0.15, 0.2) is 18.3 Å². The molecule has 1 aromatic heterocycles. The first-order chi connectivity index (χ1) is 9.75. The first-order valence-corrected chi connectivity index (χ1v) is 7.95. The maximum absolute atomic E-state index is 6.08. The van der Waals surface area contributed by atoms with Gasteiger partial charge in [0.1, 0.15) is 5.82 Å². The van der Waals surface area contributed by atoms with Crippen molar-refractivity contribution >= 4 is 5.82 Å². The average molecular weight is 274 g/mol. The molecule has 1 unspecified atom stereocenters. The topological polar surface area (TPSA) is 45.4 Å². The molecule has 3 heterocycles. The Balaban J connectivity index is 1.70. The third-order valence-electron chi connectivity index (χ3n) is 4.68. The van der Waals surface area contributed by atoms with Gasteiger partial charge in [-0.15, -0.1) is 0 Å². The van der Waals surface area contributed by atoms with E-state index in [4.69, 9.17) is 5.73 Å². The van der Waals surface area contributed by atoms with Crippen molar-refractivity contribution in [3.05, 3.63) is 23.9 Å². The summed E-state index contributed by atoms with van der Waals surface area (Å²) in [4.78, 5) is 9.70. The van der Waals surface area contributed by atoms with Crippen LogP contribution in [0.1, 0.15) is 44.2 Å². The first-order valence-electron chi connectivity index (χ1n) is 7.95. The fourth-order valence-electron chi connectivity index (χ4n) is 3.54. The second-order valence-electron chi connectivity index (χ2n) is 6.19. The molecule has 2 saturated heterocycles. The minimum atomic E-state index is 0.0488. The number of anilines is 1. The van der Waals surface area contributed by atoms with Crippen LogP contribution in [0, 0.1) is 0 Å². The minimum Gasteiger partial charge on any atom is -0.355 e. The van der Waals surface area contributed by atoms with Gasteiger partial charge < -0.3 is 10.6 Å². The summed E-state index contributed by atoms with van der Waals surface area (Å²) in [5, 5.41) is 0. The number of rotatable bonds is 3. The number of pyridine rings is 1. The summed E-state index contributed by atoms with van der Waals surface area (Å²) in [5.74, 6) is 1.10. The van der Waals surface area contributed by atoms with Crippen molar-refractivity contribution in [2.75, 3.05) is 31.1 Å². The lowest BCUT2D eigenvalue weighted by molar-refractivity contribution is 0.174. The summed E-state index contributed by atoms with van der Waals surface area (Å²) in [5.41, 5.74) is 7.26. The highest BCUT2D eigenvalue weighted by Crippen LogP contribution is 2.28. The zero-order valence-electron chi connectivity index (χ0n) is 12.5. The summed E-state index contributed by atoms with van der Waals surface area (Å²) in [6.07, 6.45) is 7.28. The largest absolute Gasteiger partial charge is 0.355 e. The normalized spacial score (nSPS) is 25.9. The number of aromatic nitrogens is 1. The van der Waals surface area contributed by atoms with Crippen LogP contribution in [0.25, 0.3) is 0 Å². The van der Waals surface area contributed by atoms with Crippen molar-refractivity contribution < 1.29 is 0 Å².